The summed E-state index contributed by atoms with van der Waals surface area (Å²) in [6, 6.07) is 8.81. The van der Waals surface area contributed by atoms with Gasteiger partial charge in [0.15, 0.2) is 16.6 Å². The van der Waals surface area contributed by atoms with Crippen LogP contribution >= 0.6 is 11.3 Å². The van der Waals surface area contributed by atoms with Crippen LogP contribution in [0.2, 0.25) is 0 Å². The number of esters is 1. The Kier molecular flexibility index (Phi) is 7.91. The minimum Gasteiger partial charge on any atom is -0.507 e. The molecule has 1 N–H and O–H groups in total. The standard InChI is InChI=1S/C28H28N2O8S/c1-7-38-27(34)25-15(3)29-28(39-25)30-21(17-9-8-10-19(36-5)24(17)37-6)20(23(32)26(30)33)22(31)16-11-12-18(35-4)14(2)13-16/h8-13,21,31H,7H2,1-6H3/b22-20+. The van der Waals surface area contributed by atoms with Crippen molar-refractivity contribution in [2.45, 2.75) is 26.8 Å². The van der Waals surface area contributed by atoms with Crippen LogP contribution in [-0.4, -0.2) is 55.7 Å². The number of carbonyl (C=O) groups is 3. The Morgan fingerprint density at radius 3 is 2.38 bits per heavy atom. The number of methoxy groups -OCH3 is 3. The zero-order chi connectivity index (χ0) is 28.4. The topological polar surface area (TPSA) is 124 Å². The summed E-state index contributed by atoms with van der Waals surface area (Å²) < 4.78 is 21.5. The molecular formula is C28H28N2O8S. The van der Waals surface area contributed by atoms with Gasteiger partial charge in [0.1, 0.15) is 22.4 Å². The smallest absolute Gasteiger partial charge is 0.350 e. The largest absolute Gasteiger partial charge is 0.507 e. The third kappa shape index (κ3) is 4.81. The van der Waals surface area contributed by atoms with Gasteiger partial charge < -0.3 is 24.1 Å². The highest BCUT2D eigenvalue weighted by molar-refractivity contribution is 7.17. The number of anilines is 1. The number of rotatable bonds is 8. The van der Waals surface area contributed by atoms with Gasteiger partial charge in [-0.25, -0.2) is 9.78 Å². The molecule has 0 saturated carbocycles. The minimum atomic E-state index is -1.14. The Morgan fingerprint density at radius 2 is 1.77 bits per heavy atom. The molecule has 2 heterocycles. The van der Waals surface area contributed by atoms with E-state index in [0.29, 0.717) is 28.3 Å². The fraction of sp³-hybridized carbons (Fsp3) is 0.286. The molecule has 1 aromatic heterocycles. The summed E-state index contributed by atoms with van der Waals surface area (Å²) >= 11 is 0.924. The zero-order valence-corrected chi connectivity index (χ0v) is 23.2. The van der Waals surface area contributed by atoms with Gasteiger partial charge in [-0.05, 0) is 50.6 Å². The molecule has 2 aromatic carbocycles. The number of aryl methyl sites for hydroxylation is 2. The first-order valence-corrected chi connectivity index (χ1v) is 12.8. The lowest BCUT2D eigenvalue weighted by molar-refractivity contribution is -0.132. The van der Waals surface area contributed by atoms with Crippen LogP contribution in [0.1, 0.15) is 45.0 Å². The van der Waals surface area contributed by atoms with Crippen LogP contribution in [0.25, 0.3) is 5.76 Å². The van der Waals surface area contributed by atoms with Gasteiger partial charge in [0, 0.05) is 11.1 Å². The van der Waals surface area contributed by atoms with Gasteiger partial charge in [-0.1, -0.05) is 23.5 Å². The highest BCUT2D eigenvalue weighted by Crippen LogP contribution is 2.48. The molecule has 4 rings (SSSR count). The molecule has 0 spiro atoms. The maximum absolute atomic E-state index is 13.6. The SMILES string of the molecule is CCOC(=O)c1sc(N2C(=O)C(=O)/C(=C(/O)c3ccc(OC)c(C)c3)C2c2cccc(OC)c2OC)nc1C. The third-order valence-electron chi connectivity index (χ3n) is 6.29. The fourth-order valence-corrected chi connectivity index (χ4v) is 5.49. The maximum atomic E-state index is 13.6. The van der Waals surface area contributed by atoms with E-state index in [-0.39, 0.29) is 33.7 Å². The molecule has 39 heavy (non-hydrogen) atoms. The van der Waals surface area contributed by atoms with Gasteiger partial charge in [-0.2, -0.15) is 0 Å². The summed E-state index contributed by atoms with van der Waals surface area (Å²) in [5.41, 5.74) is 1.61. The number of para-hydroxylation sites is 1. The van der Waals surface area contributed by atoms with Gasteiger partial charge >= 0.3 is 11.9 Å². The third-order valence-corrected chi connectivity index (χ3v) is 7.43. The molecule has 0 bridgehead atoms. The van der Waals surface area contributed by atoms with E-state index in [1.165, 1.54) is 26.2 Å². The van der Waals surface area contributed by atoms with Crippen LogP contribution in [-0.2, 0) is 14.3 Å². The molecule has 0 aliphatic carbocycles. The monoisotopic (exact) mass is 552 g/mol. The lowest BCUT2D eigenvalue weighted by atomic mass is 9.94. The molecule has 1 aliphatic rings. The van der Waals surface area contributed by atoms with Crippen LogP contribution in [0.4, 0.5) is 5.13 Å². The van der Waals surface area contributed by atoms with E-state index in [2.05, 4.69) is 4.98 Å². The molecule has 204 valence electrons. The predicted octanol–water partition coefficient (Wildman–Crippen LogP) is 4.59. The number of thiazole rings is 1. The van der Waals surface area contributed by atoms with Gasteiger partial charge in [0.05, 0.1) is 39.2 Å². The van der Waals surface area contributed by atoms with Crippen LogP contribution in [0.3, 0.4) is 0 Å². The first kappa shape index (κ1) is 27.6. The number of ketones is 1. The molecule has 1 unspecified atom stereocenters. The number of aliphatic hydroxyl groups excluding tert-OH is 1. The van der Waals surface area contributed by atoms with Crippen molar-refractivity contribution in [3.05, 3.63) is 69.2 Å². The lowest BCUT2D eigenvalue weighted by Crippen LogP contribution is -2.29. The molecular weight excluding hydrogens is 524 g/mol. The number of benzene rings is 2. The van der Waals surface area contributed by atoms with Crippen molar-refractivity contribution in [2.24, 2.45) is 0 Å². The number of amides is 1. The number of hydrogen-bond acceptors (Lipinski definition) is 10. The van der Waals surface area contributed by atoms with Crippen LogP contribution < -0.4 is 19.1 Å². The predicted molar refractivity (Wildman–Crippen MR) is 145 cm³/mol. The van der Waals surface area contributed by atoms with Crippen molar-refractivity contribution >= 4 is 39.9 Å². The van der Waals surface area contributed by atoms with Crippen LogP contribution in [0.5, 0.6) is 17.2 Å². The summed E-state index contributed by atoms with van der Waals surface area (Å²) in [5, 5.41) is 11.6. The molecule has 0 radical (unpaired) electrons. The molecule has 1 saturated heterocycles. The first-order valence-electron chi connectivity index (χ1n) is 12.0. The quantitative estimate of drug-likeness (QED) is 0.185. The van der Waals surface area contributed by atoms with E-state index in [1.807, 2.05) is 0 Å². The lowest BCUT2D eigenvalue weighted by Gasteiger charge is -2.25. The molecule has 11 heteroatoms. The van der Waals surface area contributed by atoms with Gasteiger partial charge in [0.2, 0.25) is 0 Å². The fourth-order valence-electron chi connectivity index (χ4n) is 4.50. The normalized spacial score (nSPS) is 16.4. The Hall–Kier alpha value is -4.38. The summed E-state index contributed by atoms with van der Waals surface area (Å²) in [6.45, 7) is 5.26. The molecule has 1 aliphatic heterocycles. The Morgan fingerprint density at radius 1 is 1.05 bits per heavy atom. The van der Waals surface area contributed by atoms with Crippen molar-refractivity contribution in [2.75, 3.05) is 32.8 Å². The van der Waals surface area contributed by atoms with Gasteiger partial charge in [0.25, 0.3) is 5.78 Å². The number of hydrogen-bond donors (Lipinski definition) is 1. The van der Waals surface area contributed by atoms with E-state index in [4.69, 9.17) is 18.9 Å². The van der Waals surface area contributed by atoms with E-state index >= 15 is 0 Å². The van der Waals surface area contributed by atoms with E-state index in [0.717, 1.165) is 16.9 Å². The van der Waals surface area contributed by atoms with Gasteiger partial charge in [-0.3, -0.25) is 14.5 Å². The second-order valence-electron chi connectivity index (χ2n) is 8.57. The molecule has 10 nitrogen and oxygen atoms in total. The Labute approximate surface area is 229 Å². The van der Waals surface area contributed by atoms with Crippen LogP contribution in [0, 0.1) is 13.8 Å². The summed E-state index contributed by atoms with van der Waals surface area (Å²) in [4.78, 5) is 45.4. The highest BCUT2D eigenvalue weighted by atomic mass is 32.1. The Balaban J connectivity index is 1.99. The minimum absolute atomic E-state index is 0.0949. The Bertz CT molecular complexity index is 1490. The average Bonchev–Trinajstić information content (AvgIpc) is 3.44. The van der Waals surface area contributed by atoms with Crippen LogP contribution in [0.15, 0.2) is 42.0 Å². The first-order chi connectivity index (χ1) is 18.7. The maximum Gasteiger partial charge on any atom is 0.350 e. The van der Waals surface area contributed by atoms with Crippen molar-refractivity contribution < 1.29 is 38.4 Å². The number of Topliss-reactive ketones (excluding diaryl/α,β-unsaturated/α-hetero) is 1. The van der Waals surface area contributed by atoms with Crippen molar-refractivity contribution in [1.82, 2.24) is 4.98 Å². The highest BCUT2D eigenvalue weighted by Gasteiger charge is 2.49. The number of ether oxygens (including phenoxy) is 4. The van der Waals surface area contributed by atoms with E-state index < -0.39 is 23.7 Å². The second-order valence-corrected chi connectivity index (χ2v) is 9.55. The van der Waals surface area contributed by atoms with Gasteiger partial charge in [-0.15, -0.1) is 0 Å². The second kappa shape index (κ2) is 11.2. The average molecular weight is 553 g/mol. The molecule has 3 aromatic rings. The summed E-state index contributed by atoms with van der Waals surface area (Å²) in [6.07, 6.45) is 0. The number of aliphatic hydroxyl groups is 1. The van der Waals surface area contributed by atoms with Crippen molar-refractivity contribution in [1.29, 1.82) is 0 Å². The summed E-state index contributed by atoms with van der Waals surface area (Å²) in [5.74, 6) is -1.56. The molecule has 1 fully saturated rings. The van der Waals surface area contributed by atoms with E-state index in [1.54, 1.807) is 57.2 Å². The molecule has 1 atom stereocenters. The van der Waals surface area contributed by atoms with Crippen molar-refractivity contribution in [3.63, 3.8) is 0 Å². The summed E-state index contributed by atoms with van der Waals surface area (Å²) in [7, 11) is 4.43. The zero-order valence-electron chi connectivity index (χ0n) is 22.4. The number of carbonyl (C=O) groups excluding carboxylic acids is 3. The number of aromatic nitrogens is 1. The molecule has 1 amide bonds. The van der Waals surface area contributed by atoms with Crippen molar-refractivity contribution in [3.8, 4) is 17.2 Å². The van der Waals surface area contributed by atoms with E-state index in [9.17, 15) is 19.5 Å². The number of nitrogens with zero attached hydrogens (tertiary/aromatic N) is 2.